The molecular formula is C24H38N4O6S. The minimum absolute atomic E-state index is 0.131. The highest BCUT2D eigenvalue weighted by Crippen LogP contribution is 2.10. The lowest BCUT2D eigenvalue weighted by molar-refractivity contribution is -0.144. The molecule has 35 heavy (non-hydrogen) atoms. The molecule has 0 heterocycles. The van der Waals surface area contributed by atoms with E-state index in [4.69, 9.17) is 5.73 Å². The molecule has 0 aliphatic rings. The molecule has 7 N–H and O–H groups in total. The van der Waals surface area contributed by atoms with E-state index in [2.05, 4.69) is 16.0 Å². The monoisotopic (exact) mass is 510 g/mol. The van der Waals surface area contributed by atoms with Crippen LogP contribution >= 0.6 is 11.8 Å². The normalized spacial score (nSPS) is 16.2. The lowest BCUT2D eigenvalue weighted by atomic mass is 9.98. The van der Waals surface area contributed by atoms with Crippen molar-refractivity contribution in [3.05, 3.63) is 35.9 Å². The maximum absolute atomic E-state index is 13.2. The highest BCUT2D eigenvalue weighted by Gasteiger charge is 2.34. The summed E-state index contributed by atoms with van der Waals surface area (Å²) in [5.74, 6) is -2.93. The molecule has 1 rings (SSSR count). The quantitative estimate of drug-likeness (QED) is 0.195. The summed E-state index contributed by atoms with van der Waals surface area (Å²) in [6.07, 6.45) is 1.64. The zero-order valence-electron chi connectivity index (χ0n) is 20.7. The third kappa shape index (κ3) is 10.3. The Balaban J connectivity index is 3.06. The van der Waals surface area contributed by atoms with Crippen LogP contribution in [0.2, 0.25) is 0 Å². The van der Waals surface area contributed by atoms with Gasteiger partial charge < -0.3 is 31.9 Å². The van der Waals surface area contributed by atoms with Crippen LogP contribution in [0.1, 0.15) is 39.2 Å². The van der Waals surface area contributed by atoms with E-state index in [1.165, 1.54) is 6.92 Å². The fraction of sp³-hybridized carbons (Fsp3) is 0.583. The number of carbonyl (C=O) groups excluding carboxylic acids is 3. The minimum Gasteiger partial charge on any atom is -0.480 e. The number of hydrogen-bond acceptors (Lipinski definition) is 7. The zero-order valence-corrected chi connectivity index (χ0v) is 21.5. The summed E-state index contributed by atoms with van der Waals surface area (Å²) in [5, 5.41) is 27.2. The van der Waals surface area contributed by atoms with Gasteiger partial charge in [0.05, 0.1) is 12.1 Å². The second-order valence-electron chi connectivity index (χ2n) is 8.58. The number of nitrogens with one attached hydrogen (secondary N) is 3. The van der Waals surface area contributed by atoms with Crippen LogP contribution in [0.15, 0.2) is 30.3 Å². The third-order valence-corrected chi connectivity index (χ3v) is 6.37. The Morgan fingerprint density at radius 1 is 0.971 bits per heavy atom. The van der Waals surface area contributed by atoms with Crippen LogP contribution in [-0.4, -0.2) is 76.2 Å². The van der Waals surface area contributed by atoms with Crippen molar-refractivity contribution in [2.75, 3.05) is 12.0 Å². The molecule has 196 valence electrons. The van der Waals surface area contributed by atoms with Gasteiger partial charge in [-0.25, -0.2) is 4.79 Å². The predicted molar refractivity (Wildman–Crippen MR) is 136 cm³/mol. The van der Waals surface area contributed by atoms with E-state index in [-0.39, 0.29) is 12.3 Å². The van der Waals surface area contributed by atoms with Crippen LogP contribution in [0.25, 0.3) is 0 Å². The molecule has 3 amide bonds. The molecule has 0 aromatic heterocycles. The number of nitrogens with two attached hydrogens (primary N) is 1. The van der Waals surface area contributed by atoms with Crippen molar-refractivity contribution in [1.82, 2.24) is 16.0 Å². The second-order valence-corrected chi connectivity index (χ2v) is 9.56. The average Bonchev–Trinajstić information content (AvgIpc) is 2.83. The minimum atomic E-state index is -1.42. The second kappa shape index (κ2) is 15.4. The lowest BCUT2D eigenvalue weighted by Crippen LogP contribution is -2.60. The van der Waals surface area contributed by atoms with E-state index in [9.17, 15) is 29.4 Å². The molecule has 0 aliphatic carbocycles. The fourth-order valence-corrected chi connectivity index (χ4v) is 3.79. The number of aliphatic hydroxyl groups is 1. The summed E-state index contributed by atoms with van der Waals surface area (Å²) in [6, 6.07) is 4.52. The molecule has 1 aromatic rings. The third-order valence-electron chi connectivity index (χ3n) is 5.72. The molecule has 0 aliphatic heterocycles. The van der Waals surface area contributed by atoms with E-state index in [0.29, 0.717) is 18.6 Å². The first-order valence-electron chi connectivity index (χ1n) is 11.6. The number of carboxylic acids is 1. The van der Waals surface area contributed by atoms with E-state index < -0.39 is 54.0 Å². The van der Waals surface area contributed by atoms with Gasteiger partial charge in [-0.3, -0.25) is 14.4 Å². The predicted octanol–water partition coefficient (Wildman–Crippen LogP) is 0.275. The molecule has 6 atom stereocenters. The Bertz CT molecular complexity index is 839. The number of rotatable bonds is 15. The van der Waals surface area contributed by atoms with Gasteiger partial charge >= 0.3 is 5.97 Å². The van der Waals surface area contributed by atoms with Gasteiger partial charge in [0.15, 0.2) is 0 Å². The molecule has 0 spiro atoms. The molecular weight excluding hydrogens is 472 g/mol. The maximum Gasteiger partial charge on any atom is 0.326 e. The molecule has 0 radical (unpaired) electrons. The Kier molecular flexibility index (Phi) is 13.4. The first-order valence-corrected chi connectivity index (χ1v) is 13.0. The van der Waals surface area contributed by atoms with Gasteiger partial charge in [-0.1, -0.05) is 50.6 Å². The number of amides is 3. The number of benzene rings is 1. The summed E-state index contributed by atoms with van der Waals surface area (Å²) in [5.41, 5.74) is 6.72. The Hall–Kier alpha value is -2.63. The summed E-state index contributed by atoms with van der Waals surface area (Å²) >= 11 is 1.55. The number of carboxylic acid groups (broad SMARTS) is 1. The smallest absolute Gasteiger partial charge is 0.326 e. The number of thioether (sulfide) groups is 1. The largest absolute Gasteiger partial charge is 0.480 e. The molecule has 11 heteroatoms. The van der Waals surface area contributed by atoms with Gasteiger partial charge in [0.1, 0.15) is 18.1 Å². The van der Waals surface area contributed by atoms with Crippen molar-refractivity contribution in [3.8, 4) is 0 Å². The Morgan fingerprint density at radius 3 is 2.09 bits per heavy atom. The summed E-state index contributed by atoms with van der Waals surface area (Å²) in [7, 11) is 0. The Labute approximate surface area is 210 Å². The van der Waals surface area contributed by atoms with Crippen molar-refractivity contribution < 1.29 is 29.4 Å². The van der Waals surface area contributed by atoms with Gasteiger partial charge in [0.2, 0.25) is 17.7 Å². The van der Waals surface area contributed by atoms with Crippen molar-refractivity contribution >= 4 is 35.5 Å². The molecule has 1 aromatic carbocycles. The fourth-order valence-electron chi connectivity index (χ4n) is 3.30. The van der Waals surface area contributed by atoms with Crippen molar-refractivity contribution in [1.29, 1.82) is 0 Å². The summed E-state index contributed by atoms with van der Waals surface area (Å²) in [6.45, 7) is 4.79. The van der Waals surface area contributed by atoms with Crippen molar-refractivity contribution in [3.63, 3.8) is 0 Å². The van der Waals surface area contributed by atoms with Crippen molar-refractivity contribution in [2.24, 2.45) is 11.7 Å². The number of aliphatic carboxylic acids is 1. The summed E-state index contributed by atoms with van der Waals surface area (Å²) < 4.78 is 0. The van der Waals surface area contributed by atoms with E-state index in [1.54, 1.807) is 49.9 Å². The molecule has 6 unspecified atom stereocenters. The maximum atomic E-state index is 13.2. The van der Waals surface area contributed by atoms with Crippen molar-refractivity contribution in [2.45, 2.75) is 70.3 Å². The molecule has 0 saturated heterocycles. The van der Waals surface area contributed by atoms with Crippen LogP contribution in [0.4, 0.5) is 0 Å². The topological polar surface area (TPSA) is 171 Å². The summed E-state index contributed by atoms with van der Waals surface area (Å²) in [4.78, 5) is 50.2. The van der Waals surface area contributed by atoms with Gasteiger partial charge in [0, 0.05) is 6.42 Å². The Morgan fingerprint density at radius 2 is 1.57 bits per heavy atom. The van der Waals surface area contributed by atoms with Gasteiger partial charge in [-0.15, -0.1) is 0 Å². The zero-order chi connectivity index (χ0) is 26.5. The number of aliphatic hydroxyl groups excluding tert-OH is 1. The number of hydrogen-bond donors (Lipinski definition) is 6. The van der Waals surface area contributed by atoms with Crippen LogP contribution in [-0.2, 0) is 25.6 Å². The van der Waals surface area contributed by atoms with E-state index in [1.807, 2.05) is 12.3 Å². The molecule has 0 fully saturated rings. The highest BCUT2D eigenvalue weighted by atomic mass is 32.2. The molecule has 0 bridgehead atoms. The SMILES string of the molecule is CCC(C)C(NC(=O)C(NC(=O)C(Cc1ccccc1)NC(=O)C(N)CCSC)C(C)O)C(=O)O. The molecule has 0 saturated carbocycles. The van der Waals surface area contributed by atoms with Gasteiger partial charge in [0.25, 0.3) is 0 Å². The first kappa shape index (κ1) is 30.4. The number of carbonyl (C=O) groups is 4. The lowest BCUT2D eigenvalue weighted by Gasteiger charge is -2.28. The van der Waals surface area contributed by atoms with Crippen LogP contribution < -0.4 is 21.7 Å². The van der Waals surface area contributed by atoms with E-state index in [0.717, 1.165) is 5.56 Å². The highest BCUT2D eigenvalue weighted by molar-refractivity contribution is 7.98. The van der Waals surface area contributed by atoms with Gasteiger partial charge in [-0.05, 0) is 36.8 Å². The molecule has 10 nitrogen and oxygen atoms in total. The van der Waals surface area contributed by atoms with Crippen LogP contribution in [0.5, 0.6) is 0 Å². The van der Waals surface area contributed by atoms with Gasteiger partial charge in [-0.2, -0.15) is 11.8 Å². The average molecular weight is 511 g/mol. The first-order chi connectivity index (χ1) is 16.5. The van der Waals surface area contributed by atoms with Crippen LogP contribution in [0.3, 0.4) is 0 Å². The standard InChI is InChI=1S/C24H38N4O6S/c1-5-14(2)19(24(33)34)27-23(32)20(15(3)29)28-22(31)18(13-16-9-7-6-8-10-16)26-21(30)17(25)11-12-35-4/h6-10,14-15,17-20,29H,5,11-13,25H2,1-4H3,(H,26,30)(H,27,32)(H,28,31)(H,33,34). The van der Waals surface area contributed by atoms with E-state index >= 15 is 0 Å². The van der Waals surface area contributed by atoms with Crippen LogP contribution in [0, 0.1) is 5.92 Å².